The number of carbonyl (C=O) groups is 2. The van der Waals surface area contributed by atoms with Gasteiger partial charge in [-0.15, -0.1) is 0 Å². The summed E-state index contributed by atoms with van der Waals surface area (Å²) in [6, 6.07) is 15.4. The van der Waals surface area contributed by atoms with Gasteiger partial charge < -0.3 is 9.15 Å². The van der Waals surface area contributed by atoms with Crippen LogP contribution in [0.4, 0.5) is 0 Å². The van der Waals surface area contributed by atoms with Gasteiger partial charge in [0.1, 0.15) is 11.1 Å². The normalized spacial score (nSPS) is 11.9. The molecular weight excluding hydrogens is 332 g/mol. The minimum atomic E-state index is -1.01. The van der Waals surface area contributed by atoms with Crippen molar-refractivity contribution in [1.29, 1.82) is 0 Å². The van der Waals surface area contributed by atoms with E-state index >= 15 is 0 Å². The molecule has 5 heteroatoms. The lowest BCUT2D eigenvalue weighted by molar-refractivity contribution is 0.0315. The monoisotopic (exact) mass is 350 g/mol. The third kappa shape index (κ3) is 3.57. The van der Waals surface area contributed by atoms with Crippen LogP contribution in [0.5, 0.6) is 0 Å². The first-order chi connectivity index (χ1) is 12.5. The Balaban J connectivity index is 1.79. The Morgan fingerprint density at radius 2 is 1.77 bits per heavy atom. The highest BCUT2D eigenvalue weighted by Crippen LogP contribution is 2.15. The molecule has 0 unspecified atom stereocenters. The number of esters is 1. The number of carbonyl (C=O) groups excluding carboxylic acids is 2. The summed E-state index contributed by atoms with van der Waals surface area (Å²) in [6.07, 6.45) is -0.141. The molecule has 0 bridgehead atoms. The second-order valence-corrected chi connectivity index (χ2v) is 5.95. The van der Waals surface area contributed by atoms with Gasteiger partial charge in [0, 0.05) is 10.9 Å². The van der Waals surface area contributed by atoms with Gasteiger partial charge in [0.2, 0.25) is 5.78 Å². The highest BCUT2D eigenvalue weighted by molar-refractivity contribution is 6.01. The van der Waals surface area contributed by atoms with Gasteiger partial charge in [-0.2, -0.15) is 0 Å². The Kier molecular flexibility index (Phi) is 4.98. The van der Waals surface area contributed by atoms with Gasteiger partial charge in [-0.1, -0.05) is 49.4 Å². The smallest absolute Gasteiger partial charge is 0.351 e. The van der Waals surface area contributed by atoms with E-state index in [1.807, 2.05) is 19.1 Å². The number of Topliss-reactive ketones (excluding diaryl/α,β-unsaturated/α-hetero) is 1. The predicted molar refractivity (Wildman–Crippen MR) is 97.5 cm³/mol. The molecule has 0 radical (unpaired) electrons. The zero-order valence-electron chi connectivity index (χ0n) is 14.5. The summed E-state index contributed by atoms with van der Waals surface area (Å²) in [5.41, 5.74) is 0.924. The lowest BCUT2D eigenvalue weighted by atomic mass is 10.0. The third-order valence-corrected chi connectivity index (χ3v) is 4.16. The van der Waals surface area contributed by atoms with Gasteiger partial charge in [-0.3, -0.25) is 4.79 Å². The molecule has 132 valence electrons. The fourth-order valence-electron chi connectivity index (χ4n) is 2.62. The van der Waals surface area contributed by atoms with E-state index in [9.17, 15) is 14.4 Å². The second kappa shape index (κ2) is 7.35. The largest absolute Gasteiger partial charge is 0.450 e. The van der Waals surface area contributed by atoms with Crippen molar-refractivity contribution in [1.82, 2.24) is 0 Å². The highest BCUT2D eigenvalue weighted by Gasteiger charge is 2.23. The van der Waals surface area contributed by atoms with Gasteiger partial charge in [0.15, 0.2) is 6.10 Å². The first-order valence-corrected chi connectivity index (χ1v) is 8.36. The Morgan fingerprint density at radius 1 is 1.08 bits per heavy atom. The molecular formula is C21H18O5. The summed E-state index contributed by atoms with van der Waals surface area (Å²) < 4.78 is 10.3. The Bertz CT molecular complexity index is 1010. The number of rotatable bonds is 5. The summed E-state index contributed by atoms with van der Waals surface area (Å²) in [5.74, 6) is -1.21. The van der Waals surface area contributed by atoms with Gasteiger partial charge in [0.25, 0.3) is 0 Å². The van der Waals surface area contributed by atoms with E-state index in [0.717, 1.165) is 12.0 Å². The van der Waals surface area contributed by atoms with Crippen molar-refractivity contribution in [3.05, 3.63) is 81.7 Å². The molecule has 0 amide bonds. The van der Waals surface area contributed by atoms with E-state index < -0.39 is 17.7 Å². The van der Waals surface area contributed by atoms with Crippen LogP contribution >= 0.6 is 0 Å². The Hall–Kier alpha value is -3.21. The number of fused-ring (bicyclic) bond motifs is 1. The third-order valence-electron chi connectivity index (χ3n) is 4.16. The molecule has 0 spiro atoms. The number of ketones is 1. The molecule has 1 atom stereocenters. The first kappa shape index (κ1) is 17.6. The molecule has 3 rings (SSSR count). The van der Waals surface area contributed by atoms with Crippen LogP contribution in [-0.4, -0.2) is 17.9 Å². The molecule has 0 fully saturated rings. The predicted octanol–water partition coefficient (Wildman–Crippen LogP) is 3.78. The molecule has 2 aromatic carbocycles. The van der Waals surface area contributed by atoms with Crippen molar-refractivity contribution in [3.8, 4) is 0 Å². The van der Waals surface area contributed by atoms with Crippen molar-refractivity contribution >= 4 is 22.7 Å². The van der Waals surface area contributed by atoms with Gasteiger partial charge in [-0.25, -0.2) is 9.59 Å². The number of hydrogen-bond acceptors (Lipinski definition) is 5. The maximum absolute atomic E-state index is 12.4. The van der Waals surface area contributed by atoms with E-state index in [1.54, 1.807) is 36.4 Å². The van der Waals surface area contributed by atoms with Crippen LogP contribution in [0.1, 0.15) is 40.1 Å². The lowest BCUT2D eigenvalue weighted by Crippen LogP contribution is -2.27. The minimum absolute atomic E-state index is 0.232. The molecule has 0 aliphatic carbocycles. The molecule has 1 heterocycles. The van der Waals surface area contributed by atoms with Gasteiger partial charge in [-0.05, 0) is 31.0 Å². The second-order valence-electron chi connectivity index (χ2n) is 5.95. The average molecular weight is 350 g/mol. The van der Waals surface area contributed by atoms with Crippen molar-refractivity contribution < 1.29 is 18.7 Å². The summed E-state index contributed by atoms with van der Waals surface area (Å²) in [7, 11) is 0. The molecule has 0 aliphatic heterocycles. The van der Waals surface area contributed by atoms with Crippen LogP contribution in [0, 0.1) is 0 Å². The number of ether oxygens (including phenoxy) is 1. The standard InChI is InChI=1S/C21H18O5/c1-3-14-8-10-15(11-9-14)19(22)13(2)25-20(23)17-12-16-6-4-5-7-18(16)26-21(17)24/h4-13H,3H2,1-2H3/t13-/m1/s1. The molecule has 3 aromatic rings. The molecule has 0 saturated carbocycles. The van der Waals surface area contributed by atoms with E-state index in [1.165, 1.54) is 13.0 Å². The molecule has 0 aliphatic rings. The van der Waals surface area contributed by atoms with Crippen molar-refractivity contribution in [2.45, 2.75) is 26.4 Å². The molecule has 0 saturated heterocycles. The summed E-state index contributed by atoms with van der Waals surface area (Å²) >= 11 is 0. The fourth-order valence-corrected chi connectivity index (χ4v) is 2.62. The summed E-state index contributed by atoms with van der Waals surface area (Å²) in [4.78, 5) is 36.8. The van der Waals surface area contributed by atoms with Crippen LogP contribution in [0.2, 0.25) is 0 Å². The molecule has 0 N–H and O–H groups in total. The lowest BCUT2D eigenvalue weighted by Gasteiger charge is -2.12. The van der Waals surface area contributed by atoms with Gasteiger partial charge in [0.05, 0.1) is 0 Å². The van der Waals surface area contributed by atoms with Crippen LogP contribution in [0.15, 0.2) is 63.8 Å². The Morgan fingerprint density at radius 3 is 2.46 bits per heavy atom. The maximum atomic E-state index is 12.4. The van der Waals surface area contributed by atoms with Crippen LogP contribution < -0.4 is 5.63 Å². The van der Waals surface area contributed by atoms with E-state index in [-0.39, 0.29) is 11.3 Å². The van der Waals surface area contributed by atoms with Gasteiger partial charge >= 0.3 is 11.6 Å². The van der Waals surface area contributed by atoms with Crippen LogP contribution in [0.3, 0.4) is 0 Å². The number of hydrogen-bond donors (Lipinski definition) is 0. The number of aryl methyl sites for hydroxylation is 1. The zero-order valence-corrected chi connectivity index (χ0v) is 14.5. The van der Waals surface area contributed by atoms with Crippen molar-refractivity contribution in [3.63, 3.8) is 0 Å². The SMILES string of the molecule is CCc1ccc(C(=O)[C@@H](C)OC(=O)c2cc3ccccc3oc2=O)cc1. The fraction of sp³-hybridized carbons (Fsp3) is 0.190. The summed E-state index contributed by atoms with van der Waals surface area (Å²) in [6.45, 7) is 3.51. The minimum Gasteiger partial charge on any atom is -0.450 e. The number of benzene rings is 2. The topological polar surface area (TPSA) is 73.6 Å². The van der Waals surface area contributed by atoms with E-state index in [0.29, 0.717) is 16.5 Å². The maximum Gasteiger partial charge on any atom is 0.351 e. The Labute approximate surface area is 150 Å². The molecule has 5 nitrogen and oxygen atoms in total. The van der Waals surface area contributed by atoms with Crippen molar-refractivity contribution in [2.24, 2.45) is 0 Å². The molecule has 26 heavy (non-hydrogen) atoms. The van der Waals surface area contributed by atoms with E-state index in [4.69, 9.17) is 9.15 Å². The van der Waals surface area contributed by atoms with Crippen LogP contribution in [0.25, 0.3) is 11.0 Å². The van der Waals surface area contributed by atoms with Crippen molar-refractivity contribution in [2.75, 3.05) is 0 Å². The van der Waals surface area contributed by atoms with E-state index in [2.05, 4.69) is 0 Å². The quantitative estimate of drug-likeness (QED) is 0.398. The highest BCUT2D eigenvalue weighted by atomic mass is 16.5. The molecule has 1 aromatic heterocycles. The average Bonchev–Trinajstić information content (AvgIpc) is 2.66. The van der Waals surface area contributed by atoms with Crippen LogP contribution in [-0.2, 0) is 11.2 Å². The zero-order chi connectivity index (χ0) is 18.7. The summed E-state index contributed by atoms with van der Waals surface area (Å²) in [5, 5.41) is 0.605. The first-order valence-electron chi connectivity index (χ1n) is 8.36. The number of para-hydroxylation sites is 1.